The van der Waals surface area contributed by atoms with Gasteiger partial charge in [-0.2, -0.15) is 0 Å². The molecule has 0 spiro atoms. The van der Waals surface area contributed by atoms with E-state index < -0.39 is 0 Å². The van der Waals surface area contributed by atoms with E-state index in [9.17, 15) is 4.79 Å². The number of carbonyl (C=O) groups excluding carboxylic acids is 1. The Morgan fingerprint density at radius 1 is 1.29 bits per heavy atom. The smallest absolute Gasteiger partial charge is 0.178 e. The summed E-state index contributed by atoms with van der Waals surface area (Å²) in [5, 5.41) is 0.628. The molecule has 0 N–H and O–H groups in total. The maximum absolute atomic E-state index is 10.7. The largest absolute Gasteiger partial charge is 0.295 e. The third-order valence-electron chi connectivity index (χ3n) is 3.33. The Bertz CT molecular complexity index is 532. The molecule has 0 fully saturated rings. The monoisotopic (exact) mass is 243 g/mol. The minimum absolute atomic E-state index is 0.587. The van der Waals surface area contributed by atoms with Gasteiger partial charge in [0.05, 0.1) is 5.69 Å². The number of hydrogen-bond acceptors (Lipinski definition) is 3. The zero-order valence-electron chi connectivity index (χ0n) is 9.43. The number of aryl methyl sites for hydroxylation is 1. The zero-order valence-corrected chi connectivity index (χ0v) is 10.2. The minimum atomic E-state index is 0.587. The normalized spacial score (nSPS) is 18.7. The molecule has 3 heteroatoms. The van der Waals surface area contributed by atoms with Crippen molar-refractivity contribution in [3.8, 4) is 0 Å². The van der Waals surface area contributed by atoms with Crippen LogP contribution in [0.2, 0.25) is 0 Å². The standard InChI is InChI=1S/C14H13NOS/c16-9-14-15-12-7-6-11(8-13(12)17-14)10-4-2-1-3-5-10/h1-5,9,11H,6-8H2. The molecule has 1 aliphatic carbocycles. The predicted molar refractivity (Wildman–Crippen MR) is 68.7 cm³/mol. The Labute approximate surface area is 104 Å². The van der Waals surface area contributed by atoms with E-state index in [1.807, 2.05) is 0 Å². The van der Waals surface area contributed by atoms with Crippen molar-refractivity contribution in [2.24, 2.45) is 0 Å². The van der Waals surface area contributed by atoms with E-state index in [0.717, 1.165) is 31.2 Å². The SMILES string of the molecule is O=Cc1nc2c(s1)CC(c1ccccc1)CC2. The lowest BCUT2D eigenvalue weighted by Crippen LogP contribution is -2.11. The van der Waals surface area contributed by atoms with Gasteiger partial charge in [0, 0.05) is 4.88 Å². The highest BCUT2D eigenvalue weighted by Gasteiger charge is 2.23. The topological polar surface area (TPSA) is 30.0 Å². The average Bonchev–Trinajstić information content (AvgIpc) is 2.81. The molecule has 0 radical (unpaired) electrons. The summed E-state index contributed by atoms with van der Waals surface area (Å²) in [5.74, 6) is 0.587. The molecule has 1 aromatic heterocycles. The summed E-state index contributed by atoms with van der Waals surface area (Å²) in [4.78, 5) is 16.4. The molecule has 0 amide bonds. The second kappa shape index (κ2) is 4.41. The average molecular weight is 243 g/mol. The third-order valence-corrected chi connectivity index (χ3v) is 4.37. The van der Waals surface area contributed by atoms with E-state index in [-0.39, 0.29) is 0 Å². The number of fused-ring (bicyclic) bond motifs is 1. The molecule has 0 saturated heterocycles. The van der Waals surface area contributed by atoms with Gasteiger partial charge in [0.15, 0.2) is 11.3 Å². The number of thiazole rings is 1. The highest BCUT2D eigenvalue weighted by atomic mass is 32.1. The predicted octanol–water partition coefficient (Wildman–Crippen LogP) is 3.23. The van der Waals surface area contributed by atoms with Crippen molar-refractivity contribution in [3.63, 3.8) is 0 Å². The molecule has 0 aliphatic heterocycles. The molecule has 1 aliphatic rings. The molecule has 86 valence electrons. The van der Waals surface area contributed by atoms with Gasteiger partial charge in [0.1, 0.15) is 0 Å². The van der Waals surface area contributed by atoms with E-state index in [0.29, 0.717) is 10.9 Å². The van der Waals surface area contributed by atoms with Gasteiger partial charge in [-0.15, -0.1) is 11.3 Å². The van der Waals surface area contributed by atoms with Crippen LogP contribution in [-0.2, 0) is 12.8 Å². The number of rotatable bonds is 2. The molecule has 2 nitrogen and oxygen atoms in total. The first-order valence-electron chi connectivity index (χ1n) is 5.85. The molecule has 1 unspecified atom stereocenters. The number of carbonyl (C=O) groups is 1. The Balaban J connectivity index is 1.87. The molecule has 3 rings (SSSR count). The maximum Gasteiger partial charge on any atom is 0.178 e. The van der Waals surface area contributed by atoms with Crippen molar-refractivity contribution in [1.29, 1.82) is 0 Å². The number of aldehydes is 1. The first-order chi connectivity index (χ1) is 8.36. The Morgan fingerprint density at radius 2 is 2.12 bits per heavy atom. The summed E-state index contributed by atoms with van der Waals surface area (Å²) in [6.07, 6.45) is 4.03. The zero-order chi connectivity index (χ0) is 11.7. The van der Waals surface area contributed by atoms with Crippen molar-refractivity contribution >= 4 is 17.6 Å². The Morgan fingerprint density at radius 3 is 2.88 bits per heavy atom. The van der Waals surface area contributed by atoms with Crippen LogP contribution < -0.4 is 0 Å². The summed E-state index contributed by atoms with van der Waals surface area (Å²) in [6.45, 7) is 0. The molecule has 17 heavy (non-hydrogen) atoms. The highest BCUT2D eigenvalue weighted by Crippen LogP contribution is 2.34. The van der Waals surface area contributed by atoms with Gasteiger partial charge in [-0.3, -0.25) is 4.79 Å². The van der Waals surface area contributed by atoms with E-state index >= 15 is 0 Å². The van der Waals surface area contributed by atoms with Crippen LogP contribution in [0.5, 0.6) is 0 Å². The number of aromatic nitrogens is 1. The van der Waals surface area contributed by atoms with E-state index in [1.165, 1.54) is 10.4 Å². The molecule has 1 heterocycles. The van der Waals surface area contributed by atoms with Crippen molar-refractivity contribution < 1.29 is 4.79 Å². The minimum Gasteiger partial charge on any atom is -0.295 e. The van der Waals surface area contributed by atoms with Crippen molar-refractivity contribution in [2.75, 3.05) is 0 Å². The van der Waals surface area contributed by atoms with Crippen molar-refractivity contribution in [2.45, 2.75) is 25.2 Å². The fourth-order valence-electron chi connectivity index (χ4n) is 2.46. The van der Waals surface area contributed by atoms with Crippen LogP contribution in [0.25, 0.3) is 0 Å². The Kier molecular flexibility index (Phi) is 2.77. The van der Waals surface area contributed by atoms with Gasteiger partial charge in [-0.05, 0) is 30.7 Å². The van der Waals surface area contributed by atoms with Crippen LogP contribution in [0, 0.1) is 0 Å². The molecular weight excluding hydrogens is 230 g/mol. The molecule has 1 aromatic carbocycles. The maximum atomic E-state index is 10.7. The van der Waals surface area contributed by atoms with Crippen molar-refractivity contribution in [1.82, 2.24) is 4.98 Å². The van der Waals surface area contributed by atoms with Gasteiger partial charge in [0.2, 0.25) is 0 Å². The summed E-state index contributed by atoms with van der Waals surface area (Å²) in [7, 11) is 0. The molecule has 2 aromatic rings. The Hall–Kier alpha value is -1.48. The lowest BCUT2D eigenvalue weighted by molar-refractivity contribution is 0.112. The second-order valence-electron chi connectivity index (χ2n) is 4.39. The quantitative estimate of drug-likeness (QED) is 0.758. The third kappa shape index (κ3) is 2.03. The van der Waals surface area contributed by atoms with Gasteiger partial charge in [-0.25, -0.2) is 4.98 Å². The number of nitrogens with zero attached hydrogens (tertiary/aromatic N) is 1. The number of benzene rings is 1. The van der Waals surface area contributed by atoms with Crippen LogP contribution >= 0.6 is 11.3 Å². The van der Waals surface area contributed by atoms with Crippen LogP contribution in [0.15, 0.2) is 30.3 Å². The van der Waals surface area contributed by atoms with Gasteiger partial charge >= 0.3 is 0 Å². The van der Waals surface area contributed by atoms with Gasteiger partial charge in [0.25, 0.3) is 0 Å². The molecular formula is C14H13NOS. The van der Waals surface area contributed by atoms with Crippen LogP contribution in [0.3, 0.4) is 0 Å². The van der Waals surface area contributed by atoms with E-state index in [4.69, 9.17) is 0 Å². The van der Waals surface area contributed by atoms with Crippen LogP contribution in [0.1, 0.15) is 38.3 Å². The molecule has 1 atom stereocenters. The summed E-state index contributed by atoms with van der Waals surface area (Å²) >= 11 is 1.55. The first-order valence-corrected chi connectivity index (χ1v) is 6.67. The van der Waals surface area contributed by atoms with Crippen LogP contribution in [-0.4, -0.2) is 11.3 Å². The molecule has 0 saturated carbocycles. The fraction of sp³-hybridized carbons (Fsp3) is 0.286. The number of hydrogen-bond donors (Lipinski definition) is 0. The summed E-state index contributed by atoms with van der Waals surface area (Å²) in [5.41, 5.74) is 2.54. The fourth-order valence-corrected chi connectivity index (χ4v) is 3.46. The highest BCUT2D eigenvalue weighted by molar-refractivity contribution is 7.13. The second-order valence-corrected chi connectivity index (χ2v) is 5.51. The first kappa shape index (κ1) is 10.7. The lowest BCUT2D eigenvalue weighted by Gasteiger charge is -2.21. The van der Waals surface area contributed by atoms with Crippen LogP contribution in [0.4, 0.5) is 0 Å². The summed E-state index contributed by atoms with van der Waals surface area (Å²) < 4.78 is 0. The summed E-state index contributed by atoms with van der Waals surface area (Å²) in [6, 6.07) is 10.6. The van der Waals surface area contributed by atoms with Crippen molar-refractivity contribution in [3.05, 3.63) is 51.5 Å². The van der Waals surface area contributed by atoms with E-state index in [2.05, 4.69) is 35.3 Å². The van der Waals surface area contributed by atoms with Gasteiger partial charge in [-0.1, -0.05) is 30.3 Å². The van der Waals surface area contributed by atoms with E-state index in [1.54, 1.807) is 11.3 Å². The molecule has 0 bridgehead atoms. The lowest BCUT2D eigenvalue weighted by atomic mass is 9.85. The van der Waals surface area contributed by atoms with Gasteiger partial charge < -0.3 is 0 Å².